The zero-order chi connectivity index (χ0) is 11.3. The smallest absolute Gasteiger partial charge is 0.286 e. The van der Waals surface area contributed by atoms with Gasteiger partial charge in [0.15, 0.2) is 0 Å². The van der Waals surface area contributed by atoms with Crippen molar-refractivity contribution in [3.05, 3.63) is 29.8 Å². The molecular weight excluding hydrogens is 194 g/mol. The number of nitrogens with zero attached hydrogens (tertiary/aromatic N) is 1. The number of hydrogen-bond acceptors (Lipinski definition) is 3. The molecule has 0 aliphatic rings. The standard InChI is InChI=1S/C11H13NO3/c1-12(11(14)8-13)7-9-5-3-4-6-10(9)15-2/h3-6,8H,7H2,1-2H3. The molecule has 1 aromatic rings. The molecule has 1 rings (SSSR count). The Morgan fingerprint density at radius 1 is 1.47 bits per heavy atom. The van der Waals surface area contributed by atoms with Gasteiger partial charge in [0.05, 0.1) is 7.11 Å². The van der Waals surface area contributed by atoms with Crippen LogP contribution >= 0.6 is 0 Å². The van der Waals surface area contributed by atoms with E-state index < -0.39 is 5.91 Å². The van der Waals surface area contributed by atoms with Crippen LogP contribution in [0.1, 0.15) is 5.56 Å². The first-order valence-corrected chi connectivity index (χ1v) is 4.51. The van der Waals surface area contributed by atoms with E-state index in [1.165, 1.54) is 4.90 Å². The first-order valence-electron chi connectivity index (χ1n) is 4.51. The number of likely N-dealkylation sites (N-methyl/N-ethyl adjacent to an activating group) is 1. The number of rotatable bonds is 4. The van der Waals surface area contributed by atoms with E-state index in [9.17, 15) is 9.59 Å². The minimum absolute atomic E-state index is 0.301. The van der Waals surface area contributed by atoms with Gasteiger partial charge in [-0.15, -0.1) is 0 Å². The maximum Gasteiger partial charge on any atom is 0.286 e. The minimum Gasteiger partial charge on any atom is -0.496 e. The van der Waals surface area contributed by atoms with Crippen LogP contribution in [-0.4, -0.2) is 31.3 Å². The van der Waals surface area contributed by atoms with Gasteiger partial charge in [0.1, 0.15) is 5.75 Å². The highest BCUT2D eigenvalue weighted by molar-refractivity contribution is 6.23. The van der Waals surface area contributed by atoms with Crippen molar-refractivity contribution in [1.82, 2.24) is 4.90 Å². The quantitative estimate of drug-likeness (QED) is 0.543. The highest BCUT2D eigenvalue weighted by Crippen LogP contribution is 2.18. The van der Waals surface area contributed by atoms with Gasteiger partial charge in [0.25, 0.3) is 5.91 Å². The van der Waals surface area contributed by atoms with E-state index in [0.29, 0.717) is 18.6 Å². The number of carbonyl (C=O) groups is 2. The van der Waals surface area contributed by atoms with Gasteiger partial charge < -0.3 is 9.64 Å². The van der Waals surface area contributed by atoms with Gasteiger partial charge in [0, 0.05) is 19.2 Å². The summed E-state index contributed by atoms with van der Waals surface area (Å²) in [5.74, 6) is 0.170. The van der Waals surface area contributed by atoms with Crippen molar-refractivity contribution in [2.75, 3.05) is 14.2 Å². The van der Waals surface area contributed by atoms with Gasteiger partial charge in [-0.3, -0.25) is 9.59 Å². The molecule has 1 aromatic carbocycles. The second kappa shape index (κ2) is 5.14. The summed E-state index contributed by atoms with van der Waals surface area (Å²) in [6.07, 6.45) is 0.301. The fraction of sp³-hybridized carbons (Fsp3) is 0.273. The molecule has 4 nitrogen and oxygen atoms in total. The predicted molar refractivity (Wildman–Crippen MR) is 55.5 cm³/mol. The molecule has 15 heavy (non-hydrogen) atoms. The maximum absolute atomic E-state index is 11.0. The third-order valence-corrected chi connectivity index (χ3v) is 2.08. The SMILES string of the molecule is COc1ccccc1CN(C)C(=O)C=O. The Morgan fingerprint density at radius 2 is 2.13 bits per heavy atom. The van der Waals surface area contributed by atoms with E-state index in [4.69, 9.17) is 4.74 Å². The van der Waals surface area contributed by atoms with Crippen molar-refractivity contribution in [3.8, 4) is 5.75 Å². The van der Waals surface area contributed by atoms with E-state index in [0.717, 1.165) is 5.56 Å². The first-order chi connectivity index (χ1) is 7.19. The molecule has 0 saturated carbocycles. The fourth-order valence-electron chi connectivity index (χ4n) is 1.26. The molecule has 0 aliphatic heterocycles. The van der Waals surface area contributed by atoms with Crippen molar-refractivity contribution in [2.45, 2.75) is 6.54 Å². The number of ether oxygens (including phenoxy) is 1. The predicted octanol–water partition coefficient (Wildman–Crippen LogP) is 0.853. The lowest BCUT2D eigenvalue weighted by Crippen LogP contribution is -2.27. The van der Waals surface area contributed by atoms with Gasteiger partial charge in [-0.25, -0.2) is 0 Å². The summed E-state index contributed by atoms with van der Waals surface area (Å²) in [5, 5.41) is 0. The molecule has 0 N–H and O–H groups in total. The van der Waals surface area contributed by atoms with E-state index in [-0.39, 0.29) is 0 Å². The van der Waals surface area contributed by atoms with Gasteiger partial charge in [-0.05, 0) is 6.07 Å². The lowest BCUT2D eigenvalue weighted by molar-refractivity contribution is -0.138. The molecule has 0 atom stereocenters. The highest BCUT2D eigenvalue weighted by atomic mass is 16.5. The van der Waals surface area contributed by atoms with Crippen molar-refractivity contribution in [1.29, 1.82) is 0 Å². The maximum atomic E-state index is 11.0. The van der Waals surface area contributed by atoms with Gasteiger partial charge in [-0.1, -0.05) is 18.2 Å². The average molecular weight is 207 g/mol. The zero-order valence-electron chi connectivity index (χ0n) is 8.77. The summed E-state index contributed by atoms with van der Waals surface area (Å²) in [6, 6.07) is 7.38. The van der Waals surface area contributed by atoms with Gasteiger partial charge >= 0.3 is 0 Å². The monoisotopic (exact) mass is 207 g/mol. The normalized spacial score (nSPS) is 9.47. The Kier molecular flexibility index (Phi) is 3.85. The van der Waals surface area contributed by atoms with Crippen molar-refractivity contribution in [2.24, 2.45) is 0 Å². The van der Waals surface area contributed by atoms with E-state index in [1.54, 1.807) is 14.2 Å². The van der Waals surface area contributed by atoms with Crippen LogP contribution in [0.4, 0.5) is 0 Å². The topological polar surface area (TPSA) is 46.6 Å². The van der Waals surface area contributed by atoms with Crippen LogP contribution in [-0.2, 0) is 16.1 Å². The fourth-order valence-corrected chi connectivity index (χ4v) is 1.26. The molecule has 0 spiro atoms. The van der Waals surface area contributed by atoms with Crippen LogP contribution < -0.4 is 4.74 Å². The molecule has 0 heterocycles. The Bertz CT molecular complexity index is 363. The van der Waals surface area contributed by atoms with Crippen LogP contribution in [0.3, 0.4) is 0 Å². The van der Waals surface area contributed by atoms with Crippen LogP contribution in [0.5, 0.6) is 5.75 Å². The summed E-state index contributed by atoms with van der Waals surface area (Å²) in [4.78, 5) is 22.6. The van der Waals surface area contributed by atoms with Crippen LogP contribution in [0.25, 0.3) is 0 Å². The number of carbonyl (C=O) groups excluding carboxylic acids is 2. The molecule has 0 radical (unpaired) electrons. The Hall–Kier alpha value is -1.84. The van der Waals surface area contributed by atoms with Crippen LogP contribution in [0.15, 0.2) is 24.3 Å². The highest BCUT2D eigenvalue weighted by Gasteiger charge is 2.09. The summed E-state index contributed by atoms with van der Waals surface area (Å²) < 4.78 is 5.13. The average Bonchev–Trinajstić information content (AvgIpc) is 2.28. The van der Waals surface area contributed by atoms with Crippen molar-refractivity contribution in [3.63, 3.8) is 0 Å². The number of aldehydes is 1. The largest absolute Gasteiger partial charge is 0.496 e. The summed E-state index contributed by atoms with van der Waals surface area (Å²) in [5.41, 5.74) is 0.873. The lowest BCUT2D eigenvalue weighted by Gasteiger charge is -2.15. The minimum atomic E-state index is -0.541. The third-order valence-electron chi connectivity index (χ3n) is 2.08. The van der Waals surface area contributed by atoms with Gasteiger partial charge in [-0.2, -0.15) is 0 Å². The van der Waals surface area contributed by atoms with Crippen molar-refractivity contribution < 1.29 is 14.3 Å². The van der Waals surface area contributed by atoms with E-state index in [1.807, 2.05) is 24.3 Å². The molecule has 0 aromatic heterocycles. The number of benzene rings is 1. The molecule has 0 bridgehead atoms. The first kappa shape index (κ1) is 11.2. The third kappa shape index (κ3) is 2.80. The van der Waals surface area contributed by atoms with E-state index in [2.05, 4.69) is 0 Å². The van der Waals surface area contributed by atoms with Crippen LogP contribution in [0.2, 0.25) is 0 Å². The number of para-hydroxylation sites is 1. The Labute approximate surface area is 88.5 Å². The second-order valence-electron chi connectivity index (χ2n) is 3.12. The summed E-state index contributed by atoms with van der Waals surface area (Å²) in [7, 11) is 3.14. The van der Waals surface area contributed by atoms with E-state index >= 15 is 0 Å². The van der Waals surface area contributed by atoms with Gasteiger partial charge in [0.2, 0.25) is 6.29 Å². The molecule has 0 saturated heterocycles. The molecule has 0 aliphatic carbocycles. The zero-order valence-corrected chi connectivity index (χ0v) is 8.77. The molecule has 0 unspecified atom stereocenters. The Balaban J connectivity index is 2.79. The number of methoxy groups -OCH3 is 1. The Morgan fingerprint density at radius 3 is 2.73 bits per heavy atom. The lowest BCUT2D eigenvalue weighted by atomic mass is 10.2. The molecule has 1 amide bonds. The molecule has 4 heteroatoms. The second-order valence-corrected chi connectivity index (χ2v) is 3.12. The summed E-state index contributed by atoms with van der Waals surface area (Å²) >= 11 is 0. The van der Waals surface area contributed by atoms with Crippen molar-refractivity contribution >= 4 is 12.2 Å². The molecule has 0 fully saturated rings. The molecular formula is C11H13NO3. The van der Waals surface area contributed by atoms with Crippen LogP contribution in [0, 0.1) is 0 Å². The number of hydrogen-bond donors (Lipinski definition) is 0. The summed E-state index contributed by atoms with van der Waals surface area (Å²) in [6.45, 7) is 0.363. The molecule has 80 valence electrons. The number of amides is 1.